The number of rotatable bonds is 8. The van der Waals surface area contributed by atoms with E-state index >= 15 is 0 Å². The first-order chi connectivity index (χ1) is 11.6. The molecule has 0 radical (unpaired) electrons. The highest BCUT2D eigenvalue weighted by molar-refractivity contribution is 7.99. The molecular weight excluding hydrogens is 320 g/mol. The van der Waals surface area contributed by atoms with E-state index in [0.29, 0.717) is 5.75 Å². The number of carbonyl (C=O) groups is 2. The number of aryl methyl sites for hydroxylation is 1. The largest absolute Gasteiger partial charge is 0.326 e. The van der Waals surface area contributed by atoms with E-state index in [0.717, 1.165) is 30.0 Å². The van der Waals surface area contributed by atoms with Gasteiger partial charge in [-0.3, -0.25) is 9.59 Å². The van der Waals surface area contributed by atoms with Gasteiger partial charge in [0.2, 0.25) is 11.8 Å². The number of benzene rings is 2. The van der Waals surface area contributed by atoms with E-state index in [1.807, 2.05) is 18.2 Å². The number of hydrogen-bond donors (Lipinski definition) is 2. The van der Waals surface area contributed by atoms with Gasteiger partial charge >= 0.3 is 0 Å². The van der Waals surface area contributed by atoms with Crippen LogP contribution in [0.3, 0.4) is 0 Å². The lowest BCUT2D eigenvalue weighted by Crippen LogP contribution is -2.14. The highest BCUT2D eigenvalue weighted by Gasteiger charge is 2.03. The molecule has 126 valence electrons. The maximum Gasteiger partial charge on any atom is 0.234 e. The zero-order chi connectivity index (χ0) is 17.2. The molecule has 0 aliphatic rings. The summed E-state index contributed by atoms with van der Waals surface area (Å²) in [7, 11) is 0. The normalized spacial score (nSPS) is 10.2. The molecule has 0 spiro atoms. The van der Waals surface area contributed by atoms with E-state index in [1.165, 1.54) is 12.5 Å². The van der Waals surface area contributed by atoms with Gasteiger partial charge in [0.05, 0.1) is 5.75 Å². The molecule has 0 saturated heterocycles. The summed E-state index contributed by atoms with van der Waals surface area (Å²) >= 11 is 1.64. The van der Waals surface area contributed by atoms with Crippen LogP contribution in [0.15, 0.2) is 54.6 Å². The van der Waals surface area contributed by atoms with Crippen LogP contribution in [0.5, 0.6) is 0 Å². The summed E-state index contributed by atoms with van der Waals surface area (Å²) < 4.78 is 0. The van der Waals surface area contributed by atoms with Gasteiger partial charge < -0.3 is 10.6 Å². The molecule has 2 aromatic rings. The van der Waals surface area contributed by atoms with Crippen LogP contribution < -0.4 is 10.6 Å². The van der Waals surface area contributed by atoms with Crippen molar-refractivity contribution in [3.8, 4) is 0 Å². The van der Waals surface area contributed by atoms with Crippen LogP contribution in [0.25, 0.3) is 0 Å². The smallest absolute Gasteiger partial charge is 0.234 e. The number of hydrogen-bond acceptors (Lipinski definition) is 3. The topological polar surface area (TPSA) is 58.2 Å². The first kappa shape index (κ1) is 18.1. The molecule has 0 heterocycles. The Bertz CT molecular complexity index is 657. The van der Waals surface area contributed by atoms with Crippen molar-refractivity contribution in [3.63, 3.8) is 0 Å². The summed E-state index contributed by atoms with van der Waals surface area (Å²) in [5.74, 6) is 1.29. The minimum atomic E-state index is -0.112. The van der Waals surface area contributed by atoms with Crippen molar-refractivity contribution in [1.29, 1.82) is 0 Å². The van der Waals surface area contributed by atoms with Crippen molar-refractivity contribution in [3.05, 3.63) is 60.2 Å². The molecular formula is C19H22N2O2S. The van der Waals surface area contributed by atoms with Gasteiger partial charge in [-0.05, 0) is 48.4 Å². The van der Waals surface area contributed by atoms with E-state index in [1.54, 1.807) is 36.0 Å². The number of amides is 2. The molecule has 0 aliphatic carbocycles. The van der Waals surface area contributed by atoms with Crippen molar-refractivity contribution in [1.82, 2.24) is 0 Å². The molecule has 2 amide bonds. The molecule has 0 atom stereocenters. The molecule has 0 unspecified atom stereocenters. The average molecular weight is 342 g/mol. The van der Waals surface area contributed by atoms with Crippen molar-refractivity contribution >= 4 is 35.0 Å². The number of nitrogens with one attached hydrogen (secondary N) is 2. The SMILES string of the molecule is CC(=O)Nc1ccc(NC(=O)CSCCCc2ccccc2)cc1. The Morgan fingerprint density at radius 2 is 1.54 bits per heavy atom. The van der Waals surface area contributed by atoms with Crippen LogP contribution in [-0.4, -0.2) is 23.3 Å². The summed E-state index contributed by atoms with van der Waals surface area (Å²) in [6.45, 7) is 1.46. The molecule has 0 aromatic heterocycles. The second-order valence-electron chi connectivity index (χ2n) is 5.45. The lowest BCUT2D eigenvalue weighted by Gasteiger charge is -2.07. The zero-order valence-corrected chi connectivity index (χ0v) is 14.6. The van der Waals surface area contributed by atoms with Crippen LogP contribution in [-0.2, 0) is 16.0 Å². The lowest BCUT2D eigenvalue weighted by molar-refractivity contribution is -0.114. The Labute approximate surface area is 147 Å². The Morgan fingerprint density at radius 1 is 0.917 bits per heavy atom. The summed E-state index contributed by atoms with van der Waals surface area (Å²) in [5.41, 5.74) is 2.79. The van der Waals surface area contributed by atoms with Crippen molar-refractivity contribution in [2.45, 2.75) is 19.8 Å². The van der Waals surface area contributed by atoms with Crippen molar-refractivity contribution < 1.29 is 9.59 Å². The summed E-state index contributed by atoms with van der Waals surface area (Å²) in [6.07, 6.45) is 2.10. The van der Waals surface area contributed by atoms with E-state index in [9.17, 15) is 9.59 Å². The van der Waals surface area contributed by atoms with Crippen LogP contribution in [0.4, 0.5) is 11.4 Å². The van der Waals surface area contributed by atoms with E-state index in [2.05, 4.69) is 22.8 Å². The van der Waals surface area contributed by atoms with Gasteiger partial charge in [-0.1, -0.05) is 30.3 Å². The van der Waals surface area contributed by atoms with Gasteiger partial charge in [0, 0.05) is 18.3 Å². The zero-order valence-electron chi connectivity index (χ0n) is 13.7. The third kappa shape index (κ3) is 6.87. The average Bonchev–Trinajstić information content (AvgIpc) is 2.57. The maximum atomic E-state index is 11.9. The van der Waals surface area contributed by atoms with Crippen LogP contribution >= 0.6 is 11.8 Å². The fourth-order valence-corrected chi connectivity index (χ4v) is 2.98. The van der Waals surface area contributed by atoms with Crippen LogP contribution in [0.2, 0.25) is 0 Å². The maximum absolute atomic E-state index is 11.9. The predicted molar refractivity (Wildman–Crippen MR) is 101 cm³/mol. The Balaban J connectivity index is 1.63. The molecule has 0 aliphatic heterocycles. The highest BCUT2D eigenvalue weighted by Crippen LogP contribution is 2.14. The Hall–Kier alpha value is -2.27. The molecule has 0 fully saturated rings. The van der Waals surface area contributed by atoms with Crippen molar-refractivity contribution in [2.75, 3.05) is 22.1 Å². The van der Waals surface area contributed by atoms with Gasteiger partial charge in [-0.2, -0.15) is 11.8 Å². The second kappa shape index (κ2) is 9.78. The fraction of sp³-hybridized carbons (Fsp3) is 0.263. The van der Waals surface area contributed by atoms with Gasteiger partial charge in [-0.25, -0.2) is 0 Å². The van der Waals surface area contributed by atoms with Gasteiger partial charge in [0.15, 0.2) is 0 Å². The van der Waals surface area contributed by atoms with Gasteiger partial charge in [-0.15, -0.1) is 0 Å². The van der Waals surface area contributed by atoms with E-state index < -0.39 is 0 Å². The molecule has 2 N–H and O–H groups in total. The standard InChI is InChI=1S/C19H22N2O2S/c1-15(22)20-17-9-11-18(12-10-17)21-19(23)14-24-13-5-8-16-6-3-2-4-7-16/h2-4,6-7,9-12H,5,8,13-14H2,1H3,(H,20,22)(H,21,23). The van der Waals surface area contributed by atoms with E-state index in [-0.39, 0.29) is 11.8 Å². The molecule has 2 rings (SSSR count). The number of thioether (sulfide) groups is 1. The third-order valence-corrected chi connectivity index (χ3v) is 4.36. The fourth-order valence-electron chi connectivity index (χ4n) is 2.23. The summed E-state index contributed by atoms with van der Waals surface area (Å²) in [6, 6.07) is 17.5. The first-order valence-corrected chi connectivity index (χ1v) is 9.08. The first-order valence-electron chi connectivity index (χ1n) is 7.92. The minimum absolute atomic E-state index is 0.00742. The second-order valence-corrected chi connectivity index (χ2v) is 6.55. The highest BCUT2D eigenvalue weighted by atomic mass is 32.2. The number of carbonyl (C=O) groups excluding carboxylic acids is 2. The van der Waals surface area contributed by atoms with Gasteiger partial charge in [0.1, 0.15) is 0 Å². The van der Waals surface area contributed by atoms with Crippen LogP contribution in [0, 0.1) is 0 Å². The predicted octanol–water partition coefficient (Wildman–Crippen LogP) is 3.95. The van der Waals surface area contributed by atoms with E-state index in [4.69, 9.17) is 0 Å². The summed E-state index contributed by atoms with van der Waals surface area (Å²) in [5, 5.41) is 5.55. The molecule has 4 nitrogen and oxygen atoms in total. The Morgan fingerprint density at radius 3 is 2.17 bits per heavy atom. The quantitative estimate of drug-likeness (QED) is 0.714. The summed E-state index contributed by atoms with van der Waals surface area (Å²) in [4.78, 5) is 22.9. The van der Waals surface area contributed by atoms with Gasteiger partial charge in [0.25, 0.3) is 0 Å². The molecule has 24 heavy (non-hydrogen) atoms. The lowest BCUT2D eigenvalue weighted by atomic mass is 10.1. The molecule has 0 saturated carbocycles. The molecule has 5 heteroatoms. The minimum Gasteiger partial charge on any atom is -0.326 e. The Kier molecular flexibility index (Phi) is 7.36. The number of anilines is 2. The van der Waals surface area contributed by atoms with Crippen molar-refractivity contribution in [2.24, 2.45) is 0 Å². The monoisotopic (exact) mass is 342 g/mol. The van der Waals surface area contributed by atoms with Crippen LogP contribution in [0.1, 0.15) is 18.9 Å². The molecule has 2 aromatic carbocycles. The third-order valence-electron chi connectivity index (χ3n) is 3.32. The molecule has 0 bridgehead atoms.